The fourth-order valence-corrected chi connectivity index (χ4v) is 4.67. The van der Waals surface area contributed by atoms with E-state index in [0.29, 0.717) is 5.02 Å². The molecule has 1 heterocycles. The Balaban J connectivity index is 2.01. The summed E-state index contributed by atoms with van der Waals surface area (Å²) in [6, 6.07) is 10.1. The standard InChI is InChI=1S/C15H17ClN2O3S2/c1-11(12-6-3-4-7-13(12)16)17-14(19)10-18(2)23(20,21)15-8-5-9-22-15/h3-9,11H,10H2,1-2H3,(H,17,19). The van der Waals surface area contributed by atoms with Crippen LogP contribution in [-0.4, -0.2) is 32.2 Å². The van der Waals surface area contributed by atoms with Crippen molar-refractivity contribution in [1.29, 1.82) is 0 Å². The van der Waals surface area contributed by atoms with Gasteiger partial charge in [-0.25, -0.2) is 8.42 Å². The van der Waals surface area contributed by atoms with E-state index in [1.165, 1.54) is 13.1 Å². The Hall–Kier alpha value is -1.41. The first-order chi connectivity index (χ1) is 10.8. The molecule has 0 saturated carbocycles. The van der Waals surface area contributed by atoms with Crippen LogP contribution in [0.2, 0.25) is 5.02 Å². The average Bonchev–Trinajstić information content (AvgIpc) is 3.02. The molecule has 0 aliphatic heterocycles. The number of nitrogens with zero attached hydrogens (tertiary/aromatic N) is 1. The summed E-state index contributed by atoms with van der Waals surface area (Å²) in [5.74, 6) is -0.389. The molecule has 1 atom stereocenters. The minimum absolute atomic E-state index is 0.215. The summed E-state index contributed by atoms with van der Waals surface area (Å²) in [6.45, 7) is 1.54. The third kappa shape index (κ3) is 4.32. The van der Waals surface area contributed by atoms with E-state index in [0.717, 1.165) is 21.2 Å². The van der Waals surface area contributed by atoms with Gasteiger partial charge in [0.2, 0.25) is 5.91 Å². The van der Waals surface area contributed by atoms with Gasteiger partial charge in [-0.05, 0) is 30.0 Å². The normalized spacial score (nSPS) is 13.0. The number of thiophene rings is 1. The van der Waals surface area contributed by atoms with Gasteiger partial charge in [-0.1, -0.05) is 35.9 Å². The van der Waals surface area contributed by atoms with Crippen molar-refractivity contribution in [1.82, 2.24) is 9.62 Å². The topological polar surface area (TPSA) is 66.5 Å². The van der Waals surface area contributed by atoms with Gasteiger partial charge in [-0.15, -0.1) is 11.3 Å². The predicted octanol–water partition coefficient (Wildman–Crippen LogP) is 2.90. The van der Waals surface area contributed by atoms with Crippen LogP contribution >= 0.6 is 22.9 Å². The lowest BCUT2D eigenvalue weighted by Crippen LogP contribution is -2.39. The van der Waals surface area contributed by atoms with E-state index in [9.17, 15) is 13.2 Å². The third-order valence-corrected chi connectivity index (χ3v) is 6.80. The van der Waals surface area contributed by atoms with Gasteiger partial charge < -0.3 is 5.32 Å². The van der Waals surface area contributed by atoms with Crippen LogP contribution in [0.15, 0.2) is 46.0 Å². The number of amides is 1. The number of nitrogens with one attached hydrogen (secondary N) is 1. The van der Waals surface area contributed by atoms with Crippen molar-refractivity contribution in [3.63, 3.8) is 0 Å². The molecule has 0 radical (unpaired) electrons. The van der Waals surface area contributed by atoms with Crippen LogP contribution in [0.1, 0.15) is 18.5 Å². The largest absolute Gasteiger partial charge is 0.348 e. The summed E-state index contributed by atoms with van der Waals surface area (Å²) in [5.41, 5.74) is 0.784. The van der Waals surface area contributed by atoms with E-state index in [1.54, 1.807) is 24.4 Å². The summed E-state index contributed by atoms with van der Waals surface area (Å²) >= 11 is 7.21. The molecule has 1 aromatic heterocycles. The van der Waals surface area contributed by atoms with Gasteiger partial charge in [-0.3, -0.25) is 4.79 Å². The Labute approximate surface area is 144 Å². The van der Waals surface area contributed by atoms with Crippen LogP contribution in [-0.2, 0) is 14.8 Å². The van der Waals surface area contributed by atoms with Crippen LogP contribution in [0.4, 0.5) is 0 Å². The number of sulfonamides is 1. The van der Waals surface area contributed by atoms with Crippen LogP contribution in [0.5, 0.6) is 0 Å². The fourth-order valence-electron chi connectivity index (χ4n) is 2.04. The Morgan fingerprint density at radius 2 is 2.00 bits per heavy atom. The van der Waals surface area contributed by atoms with E-state index in [2.05, 4.69) is 5.32 Å². The Morgan fingerprint density at radius 1 is 1.30 bits per heavy atom. The maximum Gasteiger partial charge on any atom is 0.252 e. The van der Waals surface area contributed by atoms with Crippen LogP contribution in [0.25, 0.3) is 0 Å². The SMILES string of the molecule is CC(NC(=O)CN(C)S(=O)(=O)c1cccs1)c1ccccc1Cl. The highest BCUT2D eigenvalue weighted by Gasteiger charge is 2.24. The molecule has 0 spiro atoms. The second-order valence-electron chi connectivity index (χ2n) is 5.00. The van der Waals surface area contributed by atoms with Crippen LogP contribution < -0.4 is 5.32 Å². The zero-order valence-electron chi connectivity index (χ0n) is 12.7. The van der Waals surface area contributed by atoms with E-state index in [4.69, 9.17) is 11.6 Å². The molecule has 0 bridgehead atoms. The highest BCUT2D eigenvalue weighted by Crippen LogP contribution is 2.22. The molecular weight excluding hydrogens is 356 g/mol. The van der Waals surface area contributed by atoms with E-state index < -0.39 is 10.0 Å². The number of carbonyl (C=O) groups excluding carboxylic acids is 1. The molecule has 0 saturated heterocycles. The van der Waals surface area contributed by atoms with Gasteiger partial charge in [-0.2, -0.15) is 4.31 Å². The van der Waals surface area contributed by atoms with Crippen LogP contribution in [0.3, 0.4) is 0 Å². The van der Waals surface area contributed by atoms with Gasteiger partial charge in [0, 0.05) is 12.1 Å². The molecule has 0 fully saturated rings. The van der Waals surface area contributed by atoms with Gasteiger partial charge in [0.25, 0.3) is 10.0 Å². The van der Waals surface area contributed by atoms with Gasteiger partial charge in [0.05, 0.1) is 12.6 Å². The van der Waals surface area contributed by atoms with E-state index in [1.807, 2.05) is 18.2 Å². The molecule has 1 aromatic carbocycles. The highest BCUT2D eigenvalue weighted by atomic mass is 35.5. The molecule has 1 unspecified atom stereocenters. The van der Waals surface area contributed by atoms with E-state index in [-0.39, 0.29) is 22.7 Å². The van der Waals surface area contributed by atoms with Crippen LogP contribution in [0, 0.1) is 0 Å². The molecular formula is C15H17ClN2O3S2. The lowest BCUT2D eigenvalue weighted by atomic mass is 10.1. The molecule has 1 amide bonds. The van der Waals surface area contributed by atoms with E-state index >= 15 is 0 Å². The molecule has 2 aromatic rings. The molecule has 0 aliphatic carbocycles. The summed E-state index contributed by atoms with van der Waals surface area (Å²) in [4.78, 5) is 12.1. The lowest BCUT2D eigenvalue weighted by molar-refractivity contribution is -0.121. The first-order valence-electron chi connectivity index (χ1n) is 6.86. The molecule has 23 heavy (non-hydrogen) atoms. The number of hydrogen-bond acceptors (Lipinski definition) is 4. The minimum atomic E-state index is -3.63. The summed E-state index contributed by atoms with van der Waals surface area (Å²) in [5, 5.41) is 5.00. The number of halogens is 1. The number of carbonyl (C=O) groups is 1. The van der Waals surface area contributed by atoms with Crippen molar-refractivity contribution in [2.75, 3.05) is 13.6 Å². The molecule has 8 heteroatoms. The maximum atomic E-state index is 12.3. The summed E-state index contributed by atoms with van der Waals surface area (Å²) in [7, 11) is -2.25. The second kappa shape index (κ2) is 7.44. The Bertz CT molecular complexity index is 776. The minimum Gasteiger partial charge on any atom is -0.348 e. The van der Waals surface area contributed by atoms with Crippen molar-refractivity contribution in [2.24, 2.45) is 0 Å². The third-order valence-electron chi connectivity index (χ3n) is 3.28. The fraction of sp³-hybridized carbons (Fsp3) is 0.267. The molecule has 0 aliphatic rings. The first kappa shape index (κ1) is 17.9. The van der Waals surface area contributed by atoms with Crippen molar-refractivity contribution >= 4 is 38.9 Å². The average molecular weight is 373 g/mol. The lowest BCUT2D eigenvalue weighted by Gasteiger charge is -2.19. The van der Waals surface area contributed by atoms with Gasteiger partial charge in [0.1, 0.15) is 4.21 Å². The van der Waals surface area contributed by atoms with Crippen molar-refractivity contribution in [3.05, 3.63) is 52.4 Å². The number of benzene rings is 1. The van der Waals surface area contributed by atoms with Gasteiger partial charge >= 0.3 is 0 Å². The number of likely N-dealkylation sites (N-methyl/N-ethyl adjacent to an activating group) is 1. The molecule has 124 valence electrons. The molecule has 2 rings (SSSR count). The predicted molar refractivity (Wildman–Crippen MR) is 92.1 cm³/mol. The molecule has 1 N–H and O–H groups in total. The number of rotatable bonds is 6. The number of hydrogen-bond donors (Lipinski definition) is 1. The first-order valence-corrected chi connectivity index (χ1v) is 9.56. The summed E-state index contributed by atoms with van der Waals surface area (Å²) < 4.78 is 25.8. The summed E-state index contributed by atoms with van der Waals surface area (Å²) in [6.07, 6.45) is 0. The van der Waals surface area contributed by atoms with Crippen molar-refractivity contribution in [3.8, 4) is 0 Å². The van der Waals surface area contributed by atoms with Gasteiger partial charge in [0.15, 0.2) is 0 Å². The highest BCUT2D eigenvalue weighted by molar-refractivity contribution is 7.91. The quantitative estimate of drug-likeness (QED) is 0.847. The molecule has 5 nitrogen and oxygen atoms in total. The van der Waals surface area contributed by atoms with Crippen molar-refractivity contribution in [2.45, 2.75) is 17.2 Å². The zero-order valence-corrected chi connectivity index (χ0v) is 15.1. The Kier molecular flexibility index (Phi) is 5.80. The smallest absolute Gasteiger partial charge is 0.252 e. The zero-order chi connectivity index (χ0) is 17.0. The monoisotopic (exact) mass is 372 g/mol. The van der Waals surface area contributed by atoms with Crippen molar-refractivity contribution < 1.29 is 13.2 Å². The maximum absolute atomic E-state index is 12.3. The second-order valence-corrected chi connectivity index (χ2v) is 8.63. The Morgan fingerprint density at radius 3 is 2.61 bits per heavy atom.